The largest absolute Gasteiger partial charge is 0.338 e. The minimum atomic E-state index is 0.727. The Morgan fingerprint density at radius 2 is 2.05 bits per heavy atom. The quantitative estimate of drug-likeness (QED) is 0.352. The topological polar surface area (TPSA) is 47.9 Å². The van der Waals surface area contributed by atoms with Crippen LogP contribution < -0.4 is 4.90 Å². The number of hydrazone groups is 1. The maximum absolute atomic E-state index is 5.04. The second-order valence-corrected chi connectivity index (χ2v) is 5.87. The molecule has 0 N–H and O–H groups in total. The predicted octanol–water partition coefficient (Wildman–Crippen LogP) is 1.51. The van der Waals surface area contributed by atoms with Gasteiger partial charge in [-0.05, 0) is 19.2 Å². The Morgan fingerprint density at radius 3 is 2.62 bits per heavy atom. The molecule has 0 unspecified atom stereocenters. The molecular weight excluding hydrogens is 304 g/mol. The van der Waals surface area contributed by atoms with Crippen molar-refractivity contribution in [3.8, 4) is 0 Å². The lowest BCUT2D eigenvalue weighted by Crippen LogP contribution is -2.49. The molecule has 1 aliphatic rings. The molecule has 8 heteroatoms. The van der Waals surface area contributed by atoms with E-state index in [1.165, 1.54) is 0 Å². The van der Waals surface area contributed by atoms with E-state index in [1.54, 1.807) is 29.6 Å². The monoisotopic (exact) mass is 324 g/mol. The zero-order valence-corrected chi connectivity index (χ0v) is 14.0. The Kier molecular flexibility index (Phi) is 6.34. The standard InChI is InChI=1S/C13H20N6S2/c1-12(21-2)16-19(11-20)10-17-6-8-18(9-7-17)13-14-4-3-5-15-13/h3-5,11H,6-10H2,1-2H3/b16-12-. The summed E-state index contributed by atoms with van der Waals surface area (Å²) in [6.45, 7) is 6.45. The Labute approximate surface area is 135 Å². The van der Waals surface area contributed by atoms with Gasteiger partial charge < -0.3 is 4.90 Å². The molecule has 1 fully saturated rings. The third-order valence-electron chi connectivity index (χ3n) is 3.24. The van der Waals surface area contributed by atoms with E-state index in [-0.39, 0.29) is 0 Å². The van der Waals surface area contributed by atoms with Crippen LogP contribution in [0.4, 0.5) is 5.95 Å². The number of nitrogens with zero attached hydrogens (tertiary/aromatic N) is 6. The van der Waals surface area contributed by atoms with Crippen molar-refractivity contribution < 1.29 is 0 Å². The summed E-state index contributed by atoms with van der Waals surface area (Å²) in [7, 11) is 0. The first-order valence-electron chi connectivity index (χ1n) is 6.78. The van der Waals surface area contributed by atoms with Gasteiger partial charge in [0.1, 0.15) is 0 Å². The SMILES string of the molecule is CS/C(C)=N\N(C=S)CN1CCN(c2ncccn2)CC1. The fourth-order valence-electron chi connectivity index (χ4n) is 2.06. The molecule has 0 aromatic carbocycles. The molecule has 0 atom stereocenters. The first-order valence-corrected chi connectivity index (χ1v) is 8.48. The average Bonchev–Trinajstić information content (AvgIpc) is 2.55. The summed E-state index contributed by atoms with van der Waals surface area (Å²) in [5, 5.41) is 7.28. The minimum Gasteiger partial charge on any atom is -0.338 e. The molecule has 0 radical (unpaired) electrons. The van der Waals surface area contributed by atoms with Gasteiger partial charge in [-0.3, -0.25) is 4.90 Å². The highest BCUT2D eigenvalue weighted by atomic mass is 32.2. The molecule has 0 spiro atoms. The van der Waals surface area contributed by atoms with Crippen LogP contribution in [0.25, 0.3) is 0 Å². The lowest BCUT2D eigenvalue weighted by Gasteiger charge is -2.35. The predicted molar refractivity (Wildman–Crippen MR) is 92.8 cm³/mol. The number of thioether (sulfide) groups is 1. The first kappa shape index (κ1) is 16.1. The van der Waals surface area contributed by atoms with Crippen molar-refractivity contribution in [3.63, 3.8) is 0 Å². The molecule has 1 saturated heterocycles. The van der Waals surface area contributed by atoms with E-state index in [9.17, 15) is 0 Å². The van der Waals surface area contributed by atoms with Crippen molar-refractivity contribution in [3.05, 3.63) is 18.5 Å². The van der Waals surface area contributed by atoms with Crippen LogP contribution in [0.1, 0.15) is 6.92 Å². The van der Waals surface area contributed by atoms with Gasteiger partial charge in [0.2, 0.25) is 5.95 Å². The maximum Gasteiger partial charge on any atom is 0.225 e. The van der Waals surface area contributed by atoms with Crippen molar-refractivity contribution in [1.82, 2.24) is 19.9 Å². The van der Waals surface area contributed by atoms with Crippen LogP contribution in [0.2, 0.25) is 0 Å². The van der Waals surface area contributed by atoms with Crippen LogP contribution in [-0.2, 0) is 0 Å². The number of aromatic nitrogens is 2. The smallest absolute Gasteiger partial charge is 0.225 e. The van der Waals surface area contributed by atoms with Crippen molar-refractivity contribution >= 4 is 40.5 Å². The third kappa shape index (κ3) is 4.90. The number of anilines is 1. The molecule has 6 nitrogen and oxygen atoms in total. The van der Waals surface area contributed by atoms with E-state index >= 15 is 0 Å². The lowest BCUT2D eigenvalue weighted by atomic mass is 10.3. The van der Waals surface area contributed by atoms with Crippen LogP contribution in [-0.4, -0.2) is 69.5 Å². The average molecular weight is 324 g/mol. The lowest BCUT2D eigenvalue weighted by molar-refractivity contribution is 0.184. The van der Waals surface area contributed by atoms with Gasteiger partial charge in [0.05, 0.1) is 17.2 Å². The van der Waals surface area contributed by atoms with E-state index in [2.05, 4.69) is 24.9 Å². The molecule has 2 heterocycles. The molecule has 114 valence electrons. The molecule has 1 aromatic rings. The highest BCUT2D eigenvalue weighted by Crippen LogP contribution is 2.10. The molecule has 2 rings (SSSR count). The van der Waals surface area contributed by atoms with E-state index in [0.717, 1.165) is 43.8 Å². The number of hydrogen-bond donors (Lipinski definition) is 0. The fraction of sp³-hybridized carbons (Fsp3) is 0.538. The molecule has 21 heavy (non-hydrogen) atoms. The van der Waals surface area contributed by atoms with Crippen molar-refractivity contribution in [1.29, 1.82) is 0 Å². The zero-order valence-electron chi connectivity index (χ0n) is 12.3. The summed E-state index contributed by atoms with van der Waals surface area (Å²) >= 11 is 6.66. The normalized spacial score (nSPS) is 16.9. The highest BCUT2D eigenvalue weighted by Gasteiger charge is 2.19. The minimum absolute atomic E-state index is 0.727. The number of piperazine rings is 1. The third-order valence-corrected chi connectivity index (χ3v) is 4.15. The van der Waals surface area contributed by atoms with Crippen LogP contribution in [0.5, 0.6) is 0 Å². The molecule has 1 aliphatic heterocycles. The molecule has 1 aromatic heterocycles. The molecular formula is C13H20N6S2. The van der Waals surface area contributed by atoms with E-state index in [1.807, 2.05) is 24.3 Å². The van der Waals surface area contributed by atoms with Gasteiger partial charge in [-0.15, -0.1) is 11.8 Å². The fourth-order valence-corrected chi connectivity index (χ4v) is 2.36. The highest BCUT2D eigenvalue weighted by molar-refractivity contribution is 8.13. The molecule has 0 amide bonds. The van der Waals surface area contributed by atoms with Crippen molar-refractivity contribution in [2.45, 2.75) is 6.92 Å². The van der Waals surface area contributed by atoms with Crippen LogP contribution in [0.15, 0.2) is 23.6 Å². The number of hydrogen-bond acceptors (Lipinski definition) is 7. The van der Waals surface area contributed by atoms with Crippen molar-refractivity contribution in [2.75, 3.05) is 44.0 Å². The first-order chi connectivity index (χ1) is 10.2. The summed E-state index contributed by atoms with van der Waals surface area (Å²) in [6.07, 6.45) is 5.57. The van der Waals surface area contributed by atoms with Gasteiger partial charge in [-0.2, -0.15) is 5.10 Å². The molecule has 0 saturated carbocycles. The second-order valence-electron chi connectivity index (χ2n) is 4.66. The summed E-state index contributed by atoms with van der Waals surface area (Å²) < 4.78 is 0. The molecule has 0 bridgehead atoms. The van der Waals surface area contributed by atoms with Crippen LogP contribution >= 0.6 is 24.0 Å². The maximum atomic E-state index is 5.04. The number of thiocarbonyl (C=S) groups is 1. The number of rotatable bonds is 5. The summed E-state index contributed by atoms with van der Waals surface area (Å²) in [6, 6.07) is 1.84. The van der Waals surface area contributed by atoms with E-state index < -0.39 is 0 Å². The van der Waals surface area contributed by atoms with E-state index in [4.69, 9.17) is 12.2 Å². The second kappa shape index (κ2) is 8.26. The van der Waals surface area contributed by atoms with Gasteiger partial charge in [-0.1, -0.05) is 12.2 Å². The van der Waals surface area contributed by atoms with Gasteiger partial charge in [-0.25, -0.2) is 15.0 Å². The van der Waals surface area contributed by atoms with Gasteiger partial charge in [0, 0.05) is 38.6 Å². The Morgan fingerprint density at radius 1 is 1.38 bits per heavy atom. The Hall–Kier alpha value is -1.25. The zero-order chi connectivity index (χ0) is 15.1. The van der Waals surface area contributed by atoms with Gasteiger partial charge >= 0.3 is 0 Å². The summed E-state index contributed by atoms with van der Waals surface area (Å²) in [5.74, 6) is 0.806. The van der Waals surface area contributed by atoms with Crippen LogP contribution in [0.3, 0.4) is 0 Å². The van der Waals surface area contributed by atoms with Crippen molar-refractivity contribution in [2.24, 2.45) is 5.10 Å². The van der Waals surface area contributed by atoms with E-state index in [0.29, 0.717) is 0 Å². The Balaban J connectivity index is 1.85. The Bertz CT molecular complexity index is 473. The summed E-state index contributed by atoms with van der Waals surface area (Å²) in [5.41, 5.74) is 1.60. The van der Waals surface area contributed by atoms with Gasteiger partial charge in [0.25, 0.3) is 0 Å². The van der Waals surface area contributed by atoms with Gasteiger partial charge in [0.15, 0.2) is 0 Å². The molecule has 0 aliphatic carbocycles. The summed E-state index contributed by atoms with van der Waals surface area (Å²) in [4.78, 5) is 13.1. The van der Waals surface area contributed by atoms with Crippen LogP contribution in [0, 0.1) is 0 Å².